The zero-order chi connectivity index (χ0) is 38.3. The number of nitrogens with zero attached hydrogens (tertiary/aromatic N) is 5. The van der Waals surface area contributed by atoms with Crippen LogP contribution >= 0.6 is 27.3 Å². The van der Waals surface area contributed by atoms with Gasteiger partial charge in [0.05, 0.1) is 38.1 Å². The summed E-state index contributed by atoms with van der Waals surface area (Å²) in [6.45, 7) is 0. The molecule has 0 saturated carbocycles. The summed E-state index contributed by atoms with van der Waals surface area (Å²) in [5.74, 6) is 1.84. The maximum absolute atomic E-state index is 5.42. The molecule has 0 atom stereocenters. The van der Waals surface area contributed by atoms with Crippen LogP contribution in [0.1, 0.15) is 0 Å². The molecule has 0 fully saturated rings. The largest absolute Gasteiger partial charge is 0.306 e. The lowest BCUT2D eigenvalue weighted by atomic mass is 10.0. The van der Waals surface area contributed by atoms with Crippen LogP contribution < -0.4 is 0 Å². The zero-order valence-corrected chi connectivity index (χ0v) is 33.2. The highest BCUT2D eigenvalue weighted by Gasteiger charge is 2.28. The van der Waals surface area contributed by atoms with E-state index in [4.69, 9.17) is 15.0 Å². The first-order valence-corrected chi connectivity index (χ1v) is 20.8. The molecule has 4 aromatic heterocycles. The lowest BCUT2D eigenvalue weighted by Crippen LogP contribution is -2.08. The van der Waals surface area contributed by atoms with Gasteiger partial charge in [-0.15, -0.1) is 11.3 Å². The molecule has 0 unspecified atom stereocenters. The quantitative estimate of drug-likeness (QED) is 0.174. The average molecular weight is 825 g/mol. The predicted molar refractivity (Wildman–Crippen MR) is 245 cm³/mol. The van der Waals surface area contributed by atoms with Crippen molar-refractivity contribution in [3.63, 3.8) is 0 Å². The first kappa shape index (κ1) is 33.2. The number of fused-ring (bicyclic) bond motifs is 9. The lowest BCUT2D eigenvalue weighted by Gasteiger charge is -2.21. The van der Waals surface area contributed by atoms with Gasteiger partial charge in [0.1, 0.15) is 0 Å². The third-order valence-corrected chi connectivity index (χ3v) is 13.4. The number of aromatic nitrogens is 5. The number of halogens is 1. The molecule has 272 valence electrons. The first-order valence-electron chi connectivity index (χ1n) is 19.2. The fourth-order valence-electron chi connectivity index (χ4n) is 8.73. The molecule has 58 heavy (non-hydrogen) atoms. The van der Waals surface area contributed by atoms with E-state index in [0.717, 1.165) is 60.0 Å². The second kappa shape index (κ2) is 13.1. The maximum Gasteiger partial charge on any atom is 0.166 e. The molecule has 0 amide bonds. The molecule has 4 heterocycles. The van der Waals surface area contributed by atoms with E-state index in [1.807, 2.05) is 47.7 Å². The van der Waals surface area contributed by atoms with Gasteiger partial charge >= 0.3 is 0 Å². The van der Waals surface area contributed by atoms with Crippen LogP contribution in [-0.4, -0.2) is 24.1 Å². The van der Waals surface area contributed by atoms with Crippen molar-refractivity contribution in [1.29, 1.82) is 0 Å². The van der Waals surface area contributed by atoms with E-state index in [-0.39, 0.29) is 0 Å². The van der Waals surface area contributed by atoms with Crippen LogP contribution in [-0.2, 0) is 0 Å². The Hall–Kier alpha value is -6.93. The summed E-state index contributed by atoms with van der Waals surface area (Å²) in [4.78, 5) is 16.0. The highest BCUT2D eigenvalue weighted by atomic mass is 79.9. The van der Waals surface area contributed by atoms with Crippen molar-refractivity contribution in [3.05, 3.63) is 186 Å². The summed E-state index contributed by atoms with van der Waals surface area (Å²) in [6.07, 6.45) is 0. The van der Waals surface area contributed by atoms with Crippen LogP contribution in [0.15, 0.2) is 186 Å². The van der Waals surface area contributed by atoms with Crippen molar-refractivity contribution in [1.82, 2.24) is 24.1 Å². The summed E-state index contributed by atoms with van der Waals surface area (Å²) < 4.78 is 8.37. The molecule has 5 nitrogen and oxygen atoms in total. The van der Waals surface area contributed by atoms with Gasteiger partial charge in [-0.1, -0.05) is 146 Å². The van der Waals surface area contributed by atoms with Crippen molar-refractivity contribution in [2.24, 2.45) is 0 Å². The average Bonchev–Trinajstić information content (AvgIpc) is 3.95. The van der Waals surface area contributed by atoms with Gasteiger partial charge in [-0.25, -0.2) is 15.0 Å². The van der Waals surface area contributed by atoms with E-state index < -0.39 is 0 Å². The third-order valence-electron chi connectivity index (χ3n) is 11.2. The molecule has 0 spiro atoms. The van der Waals surface area contributed by atoms with Crippen LogP contribution in [0.3, 0.4) is 0 Å². The van der Waals surface area contributed by atoms with Crippen LogP contribution in [0, 0.1) is 0 Å². The van der Waals surface area contributed by atoms with Gasteiger partial charge in [0.2, 0.25) is 0 Å². The number of rotatable bonds is 5. The second-order valence-corrected chi connectivity index (χ2v) is 16.4. The minimum absolute atomic E-state index is 0.600. The van der Waals surface area contributed by atoms with E-state index in [2.05, 4.69) is 171 Å². The molecular weight excluding hydrogens is 795 g/mol. The first-order chi connectivity index (χ1) is 28.7. The Morgan fingerprint density at radius 1 is 0.362 bits per heavy atom. The Kier molecular flexibility index (Phi) is 7.48. The Labute approximate surface area is 345 Å². The van der Waals surface area contributed by atoms with Crippen molar-refractivity contribution < 1.29 is 0 Å². The number of hydrogen-bond donors (Lipinski definition) is 0. The van der Waals surface area contributed by atoms with E-state index >= 15 is 0 Å². The van der Waals surface area contributed by atoms with Gasteiger partial charge in [0.25, 0.3) is 0 Å². The summed E-state index contributed by atoms with van der Waals surface area (Å²) in [5.41, 5.74) is 9.31. The van der Waals surface area contributed by atoms with Crippen molar-refractivity contribution in [2.75, 3.05) is 0 Å². The van der Waals surface area contributed by atoms with Crippen LogP contribution in [0.2, 0.25) is 0 Å². The third kappa shape index (κ3) is 4.97. The smallest absolute Gasteiger partial charge is 0.166 e. The number of thiophene rings is 1. The van der Waals surface area contributed by atoms with E-state index in [1.165, 1.54) is 36.3 Å². The Bertz CT molecular complexity index is 3420. The predicted octanol–water partition coefficient (Wildman–Crippen LogP) is 14.2. The molecule has 12 rings (SSSR count). The van der Waals surface area contributed by atoms with Gasteiger partial charge in [-0.2, -0.15) is 0 Å². The highest BCUT2D eigenvalue weighted by molar-refractivity contribution is 9.10. The number of hydrogen-bond acceptors (Lipinski definition) is 4. The summed E-state index contributed by atoms with van der Waals surface area (Å²) in [5, 5.41) is 7.08. The summed E-state index contributed by atoms with van der Waals surface area (Å²) in [7, 11) is 0. The molecule has 0 aliphatic rings. The topological polar surface area (TPSA) is 48.5 Å². The molecule has 0 aliphatic heterocycles. The second-order valence-electron chi connectivity index (χ2n) is 14.5. The maximum atomic E-state index is 5.42. The van der Waals surface area contributed by atoms with Crippen LogP contribution in [0.25, 0.3) is 109 Å². The molecule has 7 heteroatoms. The number of benzene rings is 8. The van der Waals surface area contributed by atoms with Crippen LogP contribution in [0.4, 0.5) is 0 Å². The van der Waals surface area contributed by atoms with Gasteiger partial charge in [0.15, 0.2) is 17.5 Å². The molecule has 0 bridgehead atoms. The monoisotopic (exact) mass is 823 g/mol. The van der Waals surface area contributed by atoms with E-state index in [1.54, 1.807) is 0 Å². The molecular formula is C51H30BrN5S. The molecule has 0 aliphatic carbocycles. The van der Waals surface area contributed by atoms with Gasteiger partial charge in [-0.3, -0.25) is 0 Å². The molecule has 8 aromatic carbocycles. The fourth-order valence-corrected chi connectivity index (χ4v) is 10.6. The van der Waals surface area contributed by atoms with Gasteiger partial charge in [-0.05, 0) is 52.3 Å². The Balaban J connectivity index is 1.35. The summed E-state index contributed by atoms with van der Waals surface area (Å²) in [6, 6.07) is 64.3. The van der Waals surface area contributed by atoms with E-state index in [0.29, 0.717) is 17.5 Å². The van der Waals surface area contributed by atoms with Gasteiger partial charge in [0, 0.05) is 58.2 Å². The molecule has 0 saturated heterocycles. The molecule has 0 radical (unpaired) electrons. The summed E-state index contributed by atoms with van der Waals surface area (Å²) >= 11 is 5.77. The van der Waals surface area contributed by atoms with Crippen molar-refractivity contribution >= 4 is 91.1 Å². The van der Waals surface area contributed by atoms with E-state index in [9.17, 15) is 0 Å². The fraction of sp³-hybridized carbons (Fsp3) is 0. The zero-order valence-electron chi connectivity index (χ0n) is 30.8. The Morgan fingerprint density at radius 3 is 1.28 bits per heavy atom. The van der Waals surface area contributed by atoms with Crippen molar-refractivity contribution in [2.45, 2.75) is 0 Å². The standard InChI is InChI=1S/C51H30BrN5S/c52-40-25-15-24-37-38-30-39(51-54-49(31-16-3-1-4-17-31)53-50(55-51)32-18-5-2-6-19-32)45(56-41-26-11-7-20-33(41)34-21-8-12-27-42(34)56)46(48(38)58-47(37)40)57-43-28-13-9-22-35(43)36-23-10-14-29-44(36)57/h1-30H. The SMILES string of the molecule is Brc1cccc2c1sc1c(-n3c4ccccc4c4ccccc43)c(-n3c4ccccc4c4ccccc43)c(-c3nc(-c4ccccc4)nc(-c4ccccc4)n3)cc12. The normalized spacial score (nSPS) is 11.9. The van der Waals surface area contributed by atoms with Crippen LogP contribution in [0.5, 0.6) is 0 Å². The Morgan fingerprint density at radius 2 is 0.776 bits per heavy atom. The van der Waals surface area contributed by atoms with Gasteiger partial charge < -0.3 is 9.13 Å². The highest BCUT2D eigenvalue weighted by Crippen LogP contribution is 2.50. The minimum atomic E-state index is 0.600. The molecule has 12 aromatic rings. The molecule has 0 N–H and O–H groups in total. The minimum Gasteiger partial charge on any atom is -0.306 e. The van der Waals surface area contributed by atoms with Crippen molar-refractivity contribution in [3.8, 4) is 45.5 Å². The lowest BCUT2D eigenvalue weighted by molar-refractivity contribution is 1.06. The number of para-hydroxylation sites is 4.